The molecule has 2 aromatic rings. The average Bonchev–Trinajstić information content (AvgIpc) is 2.55. The monoisotopic (exact) mass is 433 g/mol. The Labute approximate surface area is 144 Å². The highest BCUT2D eigenvalue weighted by atomic mass is 127. The highest BCUT2D eigenvalue weighted by molar-refractivity contribution is 14.1. The summed E-state index contributed by atoms with van der Waals surface area (Å²) in [6.07, 6.45) is 0. The summed E-state index contributed by atoms with van der Waals surface area (Å²) in [7, 11) is -0.691. The van der Waals surface area contributed by atoms with Gasteiger partial charge in [-0.05, 0) is 24.3 Å². The first-order valence-electron chi connectivity index (χ1n) is 6.40. The van der Waals surface area contributed by atoms with Crippen LogP contribution in [-0.4, -0.2) is 27.2 Å². The van der Waals surface area contributed by atoms with Crippen LogP contribution in [0.4, 0.5) is 5.69 Å². The van der Waals surface area contributed by atoms with Gasteiger partial charge in [0.1, 0.15) is 0 Å². The van der Waals surface area contributed by atoms with Gasteiger partial charge in [0.2, 0.25) is 0 Å². The van der Waals surface area contributed by atoms with Gasteiger partial charge < -0.3 is 9.47 Å². The van der Waals surface area contributed by atoms with Gasteiger partial charge in [-0.3, -0.25) is 4.31 Å². The number of methoxy groups -OCH3 is 2. The van der Waals surface area contributed by atoms with Crippen LogP contribution < -0.4 is 13.8 Å². The molecule has 22 heavy (non-hydrogen) atoms. The molecule has 7 heteroatoms. The van der Waals surface area contributed by atoms with E-state index >= 15 is 0 Å². The quantitative estimate of drug-likeness (QED) is 0.399. The molecule has 0 aliphatic rings. The third kappa shape index (κ3) is 3.30. The Bertz CT molecular complexity index is 734. The van der Waals surface area contributed by atoms with Crippen molar-refractivity contribution in [2.24, 2.45) is 0 Å². The summed E-state index contributed by atoms with van der Waals surface area (Å²) in [5, 5.41) is 0. The highest BCUT2D eigenvalue weighted by Gasteiger charge is 2.25. The molecule has 0 radical (unpaired) electrons. The van der Waals surface area contributed by atoms with E-state index in [9.17, 15) is 8.42 Å². The van der Waals surface area contributed by atoms with Crippen molar-refractivity contribution in [2.75, 3.05) is 23.1 Å². The molecule has 0 spiro atoms. The van der Waals surface area contributed by atoms with E-state index in [1.807, 2.05) is 28.7 Å². The lowest BCUT2D eigenvalue weighted by Crippen LogP contribution is -2.29. The summed E-state index contributed by atoms with van der Waals surface area (Å²) in [4.78, 5) is 0.158. The Kier molecular flexibility index (Phi) is 5.52. The second-order valence-electron chi connectivity index (χ2n) is 4.33. The second kappa shape index (κ2) is 7.19. The molecule has 0 atom stereocenters. The molecule has 0 aromatic heterocycles. The molecule has 0 aliphatic heterocycles. The van der Waals surface area contributed by atoms with Gasteiger partial charge in [0.05, 0.1) is 29.4 Å². The Morgan fingerprint density at radius 3 is 2.18 bits per heavy atom. The SMILES string of the molecule is COc1ccc(S(=O)(=O)N(CI)c2ccccc2)cc1OC. The van der Waals surface area contributed by atoms with Crippen LogP contribution in [0.5, 0.6) is 11.5 Å². The summed E-state index contributed by atoms with van der Waals surface area (Å²) < 4.78 is 37.7. The molecular weight excluding hydrogens is 417 g/mol. The van der Waals surface area contributed by atoms with Gasteiger partial charge >= 0.3 is 0 Å². The summed E-state index contributed by atoms with van der Waals surface area (Å²) in [5.74, 6) is 0.868. The second-order valence-corrected chi connectivity index (χ2v) is 6.87. The lowest BCUT2D eigenvalue weighted by molar-refractivity contribution is 0.354. The van der Waals surface area contributed by atoms with Gasteiger partial charge in [0, 0.05) is 6.07 Å². The molecule has 0 saturated heterocycles. The van der Waals surface area contributed by atoms with E-state index in [0.29, 0.717) is 21.7 Å². The Morgan fingerprint density at radius 2 is 1.64 bits per heavy atom. The topological polar surface area (TPSA) is 55.8 Å². The van der Waals surface area contributed by atoms with Gasteiger partial charge in [-0.25, -0.2) is 8.42 Å². The maximum absolute atomic E-state index is 12.9. The molecule has 118 valence electrons. The van der Waals surface area contributed by atoms with Gasteiger partial charge in [-0.2, -0.15) is 0 Å². The number of hydrogen-bond donors (Lipinski definition) is 0. The van der Waals surface area contributed by atoms with Crippen LogP contribution in [0.1, 0.15) is 0 Å². The predicted molar refractivity (Wildman–Crippen MR) is 94.5 cm³/mol. The molecule has 0 bridgehead atoms. The van der Waals surface area contributed by atoms with Crippen LogP contribution >= 0.6 is 22.6 Å². The van der Waals surface area contributed by atoms with Crippen molar-refractivity contribution in [3.05, 3.63) is 48.5 Å². The molecule has 2 rings (SSSR count). The van der Waals surface area contributed by atoms with Crippen LogP contribution in [-0.2, 0) is 10.0 Å². The molecular formula is C15H16INO4S. The molecule has 0 aliphatic carbocycles. The van der Waals surface area contributed by atoms with E-state index in [0.717, 1.165) is 0 Å². The Balaban J connectivity index is 2.49. The fourth-order valence-corrected chi connectivity index (χ4v) is 4.74. The van der Waals surface area contributed by atoms with Gasteiger partial charge in [-0.1, -0.05) is 40.8 Å². The maximum Gasteiger partial charge on any atom is 0.265 e. The molecule has 0 saturated carbocycles. The fraction of sp³-hybridized carbons (Fsp3) is 0.200. The van der Waals surface area contributed by atoms with Crippen LogP contribution in [0.2, 0.25) is 0 Å². The van der Waals surface area contributed by atoms with Crippen molar-refractivity contribution in [3.8, 4) is 11.5 Å². The van der Waals surface area contributed by atoms with Crippen LogP contribution in [0.25, 0.3) is 0 Å². The minimum absolute atomic E-state index is 0.158. The van der Waals surface area contributed by atoms with Gasteiger partial charge in [-0.15, -0.1) is 0 Å². The van der Waals surface area contributed by atoms with Crippen LogP contribution in [0.15, 0.2) is 53.4 Å². The number of benzene rings is 2. The smallest absolute Gasteiger partial charge is 0.265 e. The van der Waals surface area contributed by atoms with Gasteiger partial charge in [0.15, 0.2) is 11.5 Å². The first kappa shape index (κ1) is 16.9. The molecule has 0 unspecified atom stereocenters. The Hall–Kier alpha value is -1.48. The van der Waals surface area contributed by atoms with Crippen LogP contribution in [0, 0.1) is 0 Å². The minimum atomic E-state index is -3.67. The van der Waals surface area contributed by atoms with Crippen molar-refractivity contribution in [1.82, 2.24) is 0 Å². The van der Waals surface area contributed by atoms with E-state index in [-0.39, 0.29) is 4.90 Å². The number of anilines is 1. The summed E-state index contributed by atoms with van der Waals surface area (Å²) >= 11 is 2.03. The lowest BCUT2D eigenvalue weighted by Gasteiger charge is -2.22. The van der Waals surface area contributed by atoms with E-state index in [2.05, 4.69) is 0 Å². The van der Waals surface area contributed by atoms with Crippen molar-refractivity contribution in [3.63, 3.8) is 0 Å². The minimum Gasteiger partial charge on any atom is -0.493 e. The Morgan fingerprint density at radius 1 is 1.00 bits per heavy atom. The number of alkyl halides is 1. The summed E-state index contributed by atoms with van der Waals surface area (Å²) in [6, 6.07) is 13.5. The first-order chi connectivity index (χ1) is 10.5. The van der Waals surface area contributed by atoms with Crippen molar-refractivity contribution < 1.29 is 17.9 Å². The van der Waals surface area contributed by atoms with Crippen molar-refractivity contribution in [2.45, 2.75) is 4.90 Å². The average molecular weight is 433 g/mol. The molecule has 0 fully saturated rings. The standard InChI is InChI=1S/C15H16INO4S/c1-20-14-9-8-13(10-15(14)21-2)22(18,19)17(11-16)12-6-4-3-5-7-12/h3-10H,11H2,1-2H3. The number of rotatable bonds is 6. The van der Waals surface area contributed by atoms with Gasteiger partial charge in [0.25, 0.3) is 10.0 Å². The predicted octanol–water partition coefficient (Wildman–Crippen LogP) is 3.29. The van der Waals surface area contributed by atoms with Crippen LogP contribution in [0.3, 0.4) is 0 Å². The van der Waals surface area contributed by atoms with E-state index in [1.54, 1.807) is 30.3 Å². The highest BCUT2D eigenvalue weighted by Crippen LogP contribution is 2.32. The van der Waals surface area contributed by atoms with E-state index in [4.69, 9.17) is 9.47 Å². The number of ether oxygens (including phenoxy) is 2. The number of para-hydroxylation sites is 1. The molecule has 0 heterocycles. The van der Waals surface area contributed by atoms with E-state index < -0.39 is 10.0 Å². The fourth-order valence-electron chi connectivity index (χ4n) is 1.97. The third-order valence-electron chi connectivity index (χ3n) is 3.10. The molecule has 2 aromatic carbocycles. The summed E-state index contributed by atoms with van der Waals surface area (Å²) in [6.45, 7) is 0. The van der Waals surface area contributed by atoms with Crippen molar-refractivity contribution in [1.29, 1.82) is 0 Å². The van der Waals surface area contributed by atoms with Crippen molar-refractivity contribution >= 4 is 38.3 Å². The van der Waals surface area contributed by atoms with E-state index in [1.165, 1.54) is 30.7 Å². The first-order valence-corrected chi connectivity index (χ1v) is 9.37. The molecule has 0 amide bonds. The number of halogens is 1. The largest absolute Gasteiger partial charge is 0.493 e. The summed E-state index contributed by atoms with van der Waals surface area (Å²) in [5.41, 5.74) is 0.617. The molecule has 0 N–H and O–H groups in total. The zero-order valence-corrected chi connectivity index (χ0v) is 15.2. The maximum atomic E-state index is 12.9. The number of nitrogens with zero attached hydrogens (tertiary/aromatic N) is 1. The zero-order valence-electron chi connectivity index (χ0n) is 12.2. The lowest BCUT2D eigenvalue weighted by atomic mass is 10.3. The molecule has 5 nitrogen and oxygen atoms in total. The third-order valence-corrected chi connectivity index (χ3v) is 6.01. The normalized spacial score (nSPS) is 11.0. The number of sulfonamides is 1. The zero-order chi connectivity index (χ0) is 16.2. The number of hydrogen-bond acceptors (Lipinski definition) is 4.